The molecule has 0 radical (unpaired) electrons. The number of hydrogen-bond donors (Lipinski definition) is 3. The molecule has 1 aromatic rings. The minimum Gasteiger partial charge on any atom is -0.496 e. The van der Waals surface area contributed by atoms with Crippen molar-refractivity contribution >= 4 is 5.84 Å². The lowest BCUT2D eigenvalue weighted by molar-refractivity contribution is 0.304. The fourth-order valence-electron chi connectivity index (χ4n) is 2.00. The predicted molar refractivity (Wildman–Crippen MR) is 81.2 cm³/mol. The van der Waals surface area contributed by atoms with E-state index in [2.05, 4.69) is 17.4 Å². The first kappa shape index (κ1) is 16.3. The van der Waals surface area contributed by atoms with E-state index < -0.39 is 0 Å². The van der Waals surface area contributed by atoms with Crippen molar-refractivity contribution in [3.63, 3.8) is 0 Å². The topological polar surface area (TPSA) is 79.9 Å². The second-order valence-corrected chi connectivity index (χ2v) is 5.54. The molecule has 1 atom stereocenters. The van der Waals surface area contributed by atoms with Gasteiger partial charge in [-0.1, -0.05) is 37.2 Å². The monoisotopic (exact) mass is 279 g/mol. The van der Waals surface area contributed by atoms with E-state index in [1.54, 1.807) is 7.11 Å². The van der Waals surface area contributed by atoms with E-state index in [1.807, 2.05) is 38.1 Å². The third-order valence-electron chi connectivity index (χ3n) is 3.61. The third-order valence-corrected chi connectivity index (χ3v) is 3.61. The van der Waals surface area contributed by atoms with Gasteiger partial charge < -0.3 is 21.0 Å². The molecule has 0 unspecified atom stereocenters. The van der Waals surface area contributed by atoms with Gasteiger partial charge in [-0.15, -0.1) is 0 Å². The summed E-state index contributed by atoms with van der Waals surface area (Å²) in [4.78, 5) is 0. The molecule has 0 bridgehead atoms. The standard InChI is InChI=1S/C15H25N3O2/c1-11(12-7-5-6-8-13(12)20-4)17-10-9-15(2,3)14(16)18-19/h5-8,11,17,19H,9-10H2,1-4H3,(H2,16,18)/t11-/m0/s1. The largest absolute Gasteiger partial charge is 0.496 e. The number of ether oxygens (including phenoxy) is 1. The summed E-state index contributed by atoms with van der Waals surface area (Å²) in [6.45, 7) is 6.77. The molecular formula is C15H25N3O2. The zero-order valence-corrected chi connectivity index (χ0v) is 12.7. The Morgan fingerprint density at radius 1 is 1.45 bits per heavy atom. The van der Waals surface area contributed by atoms with Crippen LogP contribution in [0.4, 0.5) is 0 Å². The molecular weight excluding hydrogens is 254 g/mol. The number of methoxy groups -OCH3 is 1. The maximum Gasteiger partial charge on any atom is 0.144 e. The Balaban J connectivity index is 2.58. The molecule has 1 aromatic carbocycles. The normalized spacial score (nSPS) is 14.1. The van der Waals surface area contributed by atoms with Crippen LogP contribution in [0, 0.1) is 5.41 Å². The van der Waals surface area contributed by atoms with Crippen LogP contribution in [0.25, 0.3) is 0 Å². The molecule has 0 saturated heterocycles. The summed E-state index contributed by atoms with van der Waals surface area (Å²) in [6, 6.07) is 8.13. The zero-order valence-electron chi connectivity index (χ0n) is 12.7. The molecule has 0 amide bonds. The number of amidine groups is 1. The van der Waals surface area contributed by atoms with Crippen LogP contribution >= 0.6 is 0 Å². The van der Waals surface area contributed by atoms with Gasteiger partial charge in [0.05, 0.1) is 7.11 Å². The van der Waals surface area contributed by atoms with Crippen LogP contribution in [-0.4, -0.2) is 24.7 Å². The first-order valence-electron chi connectivity index (χ1n) is 6.76. The van der Waals surface area contributed by atoms with Crippen molar-refractivity contribution in [2.24, 2.45) is 16.3 Å². The van der Waals surface area contributed by atoms with Crippen molar-refractivity contribution in [3.8, 4) is 5.75 Å². The minimum absolute atomic E-state index is 0.175. The maximum absolute atomic E-state index is 8.75. The number of nitrogens with zero attached hydrogens (tertiary/aromatic N) is 1. The average Bonchev–Trinajstić information content (AvgIpc) is 2.45. The number of nitrogens with two attached hydrogens (primary N) is 1. The van der Waals surface area contributed by atoms with Gasteiger partial charge in [0, 0.05) is 17.0 Å². The van der Waals surface area contributed by atoms with E-state index in [1.165, 1.54) is 0 Å². The zero-order chi connectivity index (χ0) is 15.2. The van der Waals surface area contributed by atoms with Gasteiger partial charge in [-0.2, -0.15) is 0 Å². The molecule has 5 nitrogen and oxygen atoms in total. The first-order chi connectivity index (χ1) is 9.42. The molecule has 5 heteroatoms. The van der Waals surface area contributed by atoms with Crippen LogP contribution < -0.4 is 15.8 Å². The molecule has 0 spiro atoms. The van der Waals surface area contributed by atoms with Crippen LogP contribution in [0.5, 0.6) is 5.75 Å². The van der Waals surface area contributed by atoms with Gasteiger partial charge in [0.15, 0.2) is 0 Å². The van der Waals surface area contributed by atoms with E-state index in [0.29, 0.717) is 0 Å². The lowest BCUT2D eigenvalue weighted by atomic mass is 9.88. The minimum atomic E-state index is -0.331. The first-order valence-corrected chi connectivity index (χ1v) is 6.76. The lowest BCUT2D eigenvalue weighted by Gasteiger charge is -2.24. The Hall–Kier alpha value is -1.75. The second kappa shape index (κ2) is 7.14. The van der Waals surface area contributed by atoms with Crippen molar-refractivity contribution in [3.05, 3.63) is 29.8 Å². The number of hydrogen-bond acceptors (Lipinski definition) is 4. The van der Waals surface area contributed by atoms with Gasteiger partial charge >= 0.3 is 0 Å². The Labute approximate surface area is 120 Å². The Morgan fingerprint density at radius 2 is 2.10 bits per heavy atom. The van der Waals surface area contributed by atoms with Gasteiger partial charge in [0.25, 0.3) is 0 Å². The van der Waals surface area contributed by atoms with E-state index in [-0.39, 0.29) is 17.3 Å². The molecule has 0 aliphatic carbocycles. The van der Waals surface area contributed by atoms with Crippen LogP contribution in [0.15, 0.2) is 29.4 Å². The van der Waals surface area contributed by atoms with Crippen LogP contribution in [0.1, 0.15) is 38.8 Å². The van der Waals surface area contributed by atoms with Crippen LogP contribution in [-0.2, 0) is 0 Å². The number of para-hydroxylation sites is 1. The fraction of sp³-hybridized carbons (Fsp3) is 0.533. The van der Waals surface area contributed by atoms with Gasteiger partial charge in [-0.25, -0.2) is 0 Å². The number of oxime groups is 1. The van der Waals surface area contributed by atoms with Crippen LogP contribution in [0.3, 0.4) is 0 Å². The molecule has 112 valence electrons. The van der Waals surface area contributed by atoms with Crippen molar-refractivity contribution < 1.29 is 9.94 Å². The average molecular weight is 279 g/mol. The van der Waals surface area contributed by atoms with Gasteiger partial charge in [-0.05, 0) is 26.0 Å². The molecule has 4 N–H and O–H groups in total. The molecule has 0 aliphatic heterocycles. The van der Waals surface area contributed by atoms with Gasteiger partial charge in [0.1, 0.15) is 11.6 Å². The van der Waals surface area contributed by atoms with Crippen molar-refractivity contribution in [1.29, 1.82) is 0 Å². The highest BCUT2D eigenvalue weighted by atomic mass is 16.5. The van der Waals surface area contributed by atoms with Crippen molar-refractivity contribution in [2.75, 3.05) is 13.7 Å². The summed E-state index contributed by atoms with van der Waals surface area (Å²) < 4.78 is 5.36. The van der Waals surface area contributed by atoms with Gasteiger partial charge in [-0.3, -0.25) is 0 Å². The summed E-state index contributed by atoms with van der Waals surface area (Å²) in [7, 11) is 1.67. The summed E-state index contributed by atoms with van der Waals surface area (Å²) in [5, 5.41) is 15.3. The summed E-state index contributed by atoms with van der Waals surface area (Å²) >= 11 is 0. The Bertz CT molecular complexity index is 458. The molecule has 0 saturated carbocycles. The number of nitrogens with one attached hydrogen (secondary N) is 1. The summed E-state index contributed by atoms with van der Waals surface area (Å²) in [5.74, 6) is 1.13. The van der Waals surface area contributed by atoms with Gasteiger partial charge in [0.2, 0.25) is 0 Å². The highest BCUT2D eigenvalue weighted by Gasteiger charge is 2.23. The molecule has 0 heterocycles. The highest BCUT2D eigenvalue weighted by molar-refractivity contribution is 5.85. The number of benzene rings is 1. The molecule has 1 rings (SSSR count). The third kappa shape index (κ3) is 4.13. The SMILES string of the molecule is COc1ccccc1[C@H](C)NCCC(C)(C)/C(N)=N/O. The Kier molecular flexibility index (Phi) is 5.82. The fourth-order valence-corrected chi connectivity index (χ4v) is 2.00. The second-order valence-electron chi connectivity index (χ2n) is 5.54. The number of rotatable bonds is 7. The molecule has 0 aliphatic rings. The van der Waals surface area contributed by atoms with Crippen LogP contribution in [0.2, 0.25) is 0 Å². The lowest BCUT2D eigenvalue weighted by Crippen LogP contribution is -2.35. The van der Waals surface area contributed by atoms with E-state index in [0.717, 1.165) is 24.3 Å². The van der Waals surface area contributed by atoms with Crippen molar-refractivity contribution in [1.82, 2.24) is 5.32 Å². The summed E-state index contributed by atoms with van der Waals surface area (Å²) in [5.41, 5.74) is 6.47. The van der Waals surface area contributed by atoms with E-state index in [9.17, 15) is 0 Å². The smallest absolute Gasteiger partial charge is 0.144 e. The van der Waals surface area contributed by atoms with Crippen molar-refractivity contribution in [2.45, 2.75) is 33.2 Å². The summed E-state index contributed by atoms with van der Waals surface area (Å²) in [6.07, 6.45) is 0.780. The molecule has 0 fully saturated rings. The van der Waals surface area contributed by atoms with E-state index >= 15 is 0 Å². The van der Waals surface area contributed by atoms with E-state index in [4.69, 9.17) is 15.7 Å². The molecule has 20 heavy (non-hydrogen) atoms. The quantitative estimate of drug-likeness (QED) is 0.310. The Morgan fingerprint density at radius 3 is 2.70 bits per heavy atom. The predicted octanol–water partition coefficient (Wildman–Crippen LogP) is 2.51. The highest BCUT2D eigenvalue weighted by Crippen LogP contribution is 2.25. The maximum atomic E-state index is 8.75. The molecule has 0 aromatic heterocycles.